The molecule has 2 heterocycles. The van der Waals surface area contributed by atoms with Crippen molar-refractivity contribution in [2.75, 3.05) is 24.3 Å². The first-order valence-electron chi connectivity index (χ1n) is 11.5. The summed E-state index contributed by atoms with van der Waals surface area (Å²) in [5.41, 5.74) is 8.51. The van der Waals surface area contributed by atoms with Crippen LogP contribution in [0, 0.1) is 0 Å². The maximum Gasteiger partial charge on any atom is 0.407 e. The lowest BCUT2D eigenvalue weighted by Gasteiger charge is -2.33. The molecule has 7 nitrogen and oxygen atoms in total. The molecule has 188 valence electrons. The third-order valence-electron chi connectivity index (χ3n) is 5.81. The smallest absolute Gasteiger partial charge is 0.407 e. The van der Waals surface area contributed by atoms with Gasteiger partial charge in [-0.25, -0.2) is 4.79 Å². The fourth-order valence-electron chi connectivity index (χ4n) is 4.22. The van der Waals surface area contributed by atoms with Crippen molar-refractivity contribution in [1.82, 2.24) is 16.2 Å². The van der Waals surface area contributed by atoms with Gasteiger partial charge in [0.25, 0.3) is 5.91 Å². The van der Waals surface area contributed by atoms with Crippen LogP contribution in [-0.4, -0.2) is 42.2 Å². The quantitative estimate of drug-likeness (QED) is 0.244. The van der Waals surface area contributed by atoms with Gasteiger partial charge < -0.3 is 10.1 Å². The topological polar surface area (TPSA) is 96.5 Å². The molecule has 0 unspecified atom stereocenters. The van der Waals surface area contributed by atoms with Gasteiger partial charge in [0.05, 0.1) is 13.2 Å². The molecule has 2 aromatic rings. The molecule has 1 aliphatic carbocycles. The van der Waals surface area contributed by atoms with Crippen molar-refractivity contribution in [2.45, 2.75) is 47.0 Å². The fourth-order valence-corrected chi connectivity index (χ4v) is 10.1. The molecular formula is C24H29N3O4S4. The van der Waals surface area contributed by atoms with Crippen molar-refractivity contribution in [3.63, 3.8) is 0 Å². The molecule has 2 aliphatic rings. The Morgan fingerprint density at radius 2 is 1.89 bits per heavy atom. The number of carbonyl (C=O) groups excluding carboxylic acids is 3. The molecule has 35 heavy (non-hydrogen) atoms. The van der Waals surface area contributed by atoms with Crippen molar-refractivity contribution in [3.8, 4) is 0 Å². The molecular weight excluding hydrogens is 523 g/mol. The summed E-state index contributed by atoms with van der Waals surface area (Å²) in [5, 5.41) is 2.63. The minimum atomic E-state index is -0.522. The molecule has 0 radical (unpaired) electrons. The molecule has 4 rings (SSSR count). The van der Waals surface area contributed by atoms with Crippen LogP contribution in [0.25, 0.3) is 0 Å². The minimum absolute atomic E-state index is 0.0828. The van der Waals surface area contributed by atoms with Gasteiger partial charge >= 0.3 is 6.09 Å². The van der Waals surface area contributed by atoms with E-state index in [0.29, 0.717) is 17.8 Å². The Hall–Kier alpha value is -1.82. The van der Waals surface area contributed by atoms with Crippen LogP contribution in [0.15, 0.2) is 34.5 Å². The molecule has 1 aliphatic heterocycles. The molecule has 1 aromatic heterocycles. The molecule has 0 bridgehead atoms. The van der Waals surface area contributed by atoms with Gasteiger partial charge in [0, 0.05) is 30.0 Å². The van der Waals surface area contributed by atoms with Crippen molar-refractivity contribution in [3.05, 3.63) is 51.9 Å². The summed E-state index contributed by atoms with van der Waals surface area (Å²) >= 11 is 7.26. The third kappa shape index (κ3) is 6.49. The second-order valence-corrected chi connectivity index (χ2v) is 13.3. The number of rotatable bonds is 8. The Kier molecular flexibility index (Phi) is 9.32. The van der Waals surface area contributed by atoms with Crippen LogP contribution in [-0.2, 0) is 26.6 Å². The van der Waals surface area contributed by atoms with E-state index < -0.39 is 6.09 Å². The summed E-state index contributed by atoms with van der Waals surface area (Å²) in [6.45, 7) is 0.504. The van der Waals surface area contributed by atoms with E-state index >= 15 is 0 Å². The van der Waals surface area contributed by atoms with Gasteiger partial charge in [-0.2, -0.15) is 0 Å². The zero-order valence-corrected chi connectivity index (χ0v) is 22.8. The van der Waals surface area contributed by atoms with Crippen LogP contribution in [0.3, 0.4) is 0 Å². The lowest BCUT2D eigenvalue weighted by Crippen LogP contribution is -2.42. The first-order valence-corrected chi connectivity index (χ1v) is 15.6. The summed E-state index contributed by atoms with van der Waals surface area (Å²) in [6, 6.07) is 9.42. The highest BCUT2D eigenvalue weighted by molar-refractivity contribution is 8.20. The minimum Gasteiger partial charge on any atom is -0.445 e. The number of fused-ring (bicyclic) bond motifs is 2. The molecule has 11 heteroatoms. The molecule has 1 aromatic carbocycles. The van der Waals surface area contributed by atoms with Crippen LogP contribution in [0.5, 0.6) is 0 Å². The van der Waals surface area contributed by atoms with E-state index in [1.54, 1.807) is 11.8 Å². The molecule has 3 N–H and O–H groups in total. The predicted octanol–water partition coefficient (Wildman–Crippen LogP) is 4.91. The summed E-state index contributed by atoms with van der Waals surface area (Å²) in [6.07, 6.45) is 5.27. The third-order valence-corrected chi connectivity index (χ3v) is 11.7. The summed E-state index contributed by atoms with van der Waals surface area (Å²) in [7, 11) is 0. The van der Waals surface area contributed by atoms with Crippen LogP contribution in [0.1, 0.15) is 52.0 Å². The number of amides is 3. The molecule has 3 amide bonds. The Morgan fingerprint density at radius 1 is 1.11 bits per heavy atom. The number of nitrogens with one attached hydrogen (secondary N) is 3. The zero-order valence-electron chi connectivity index (χ0n) is 19.5. The second kappa shape index (κ2) is 12.4. The maximum absolute atomic E-state index is 13.0. The summed E-state index contributed by atoms with van der Waals surface area (Å²) in [4.78, 5) is 37.6. The van der Waals surface area contributed by atoms with E-state index in [9.17, 15) is 14.4 Å². The van der Waals surface area contributed by atoms with E-state index in [-0.39, 0.29) is 28.9 Å². The Balaban J connectivity index is 1.21. The first-order chi connectivity index (χ1) is 17.0. The van der Waals surface area contributed by atoms with Crippen molar-refractivity contribution in [1.29, 1.82) is 0 Å². The largest absolute Gasteiger partial charge is 0.445 e. The van der Waals surface area contributed by atoms with E-state index in [1.807, 2.05) is 53.9 Å². The fraction of sp³-hybridized carbons (Fsp3) is 0.458. The van der Waals surface area contributed by atoms with Gasteiger partial charge in [-0.1, -0.05) is 30.3 Å². The lowest BCUT2D eigenvalue weighted by atomic mass is 9.92. The average Bonchev–Trinajstić information content (AvgIpc) is 3.50. The summed E-state index contributed by atoms with van der Waals surface area (Å²) < 4.78 is 6.44. The molecule has 0 atom stereocenters. The van der Waals surface area contributed by atoms with E-state index in [1.165, 1.54) is 21.1 Å². The molecule has 0 saturated carbocycles. The van der Waals surface area contributed by atoms with Crippen molar-refractivity contribution >= 4 is 64.5 Å². The number of thiophene rings is 1. The Bertz CT molecular complexity index is 1050. The van der Waals surface area contributed by atoms with Gasteiger partial charge in [0.15, 0.2) is 0 Å². The Labute approximate surface area is 222 Å². The SMILES string of the molecule is CSc1sc(C(=O)NNC(=O)CCCNC(=O)OCc2ccccc2)c2c1C1(CCC2)SCCS1. The predicted molar refractivity (Wildman–Crippen MR) is 145 cm³/mol. The molecule has 1 saturated heterocycles. The van der Waals surface area contributed by atoms with Gasteiger partial charge in [-0.15, -0.1) is 46.6 Å². The average molecular weight is 552 g/mol. The maximum atomic E-state index is 13.0. The number of hydrogen-bond donors (Lipinski definition) is 3. The van der Waals surface area contributed by atoms with E-state index in [2.05, 4.69) is 22.4 Å². The number of carbonyl (C=O) groups is 3. The number of benzene rings is 1. The number of hydrazine groups is 1. The van der Waals surface area contributed by atoms with E-state index in [4.69, 9.17) is 4.74 Å². The normalized spacial score (nSPS) is 15.9. The monoisotopic (exact) mass is 551 g/mol. The van der Waals surface area contributed by atoms with Gasteiger partial charge in [-0.05, 0) is 43.1 Å². The highest BCUT2D eigenvalue weighted by Crippen LogP contribution is 2.61. The number of alkyl carbamates (subject to hydrolysis) is 1. The van der Waals surface area contributed by atoms with Crippen LogP contribution in [0.2, 0.25) is 0 Å². The number of hydrogen-bond acceptors (Lipinski definition) is 8. The van der Waals surface area contributed by atoms with E-state index in [0.717, 1.165) is 41.9 Å². The van der Waals surface area contributed by atoms with Crippen LogP contribution in [0.4, 0.5) is 4.79 Å². The highest BCUT2D eigenvalue weighted by atomic mass is 32.2. The summed E-state index contributed by atoms with van der Waals surface area (Å²) in [5.74, 6) is 1.73. The molecule has 1 spiro atoms. The standard InChI is InChI=1S/C24H29N3O4S4/c1-32-22-19-17(9-5-11-24(19)33-13-14-34-24)20(35-22)21(29)27-26-18(28)10-6-12-25-23(30)31-15-16-7-3-2-4-8-16/h2-4,7-8H,5-6,9-15H2,1H3,(H,25,30)(H,26,28)(H,27,29). The van der Waals surface area contributed by atoms with Crippen molar-refractivity contribution in [2.24, 2.45) is 0 Å². The van der Waals surface area contributed by atoms with Crippen molar-refractivity contribution < 1.29 is 19.1 Å². The second-order valence-electron chi connectivity index (χ2n) is 8.17. The lowest BCUT2D eigenvalue weighted by molar-refractivity contribution is -0.121. The highest BCUT2D eigenvalue weighted by Gasteiger charge is 2.45. The van der Waals surface area contributed by atoms with Gasteiger partial charge in [-0.3, -0.25) is 20.4 Å². The number of ether oxygens (including phenoxy) is 1. The Morgan fingerprint density at radius 3 is 2.63 bits per heavy atom. The van der Waals surface area contributed by atoms with Gasteiger partial charge in [0.2, 0.25) is 5.91 Å². The van der Waals surface area contributed by atoms with Crippen LogP contribution >= 0.6 is 46.6 Å². The molecule has 1 fully saturated rings. The van der Waals surface area contributed by atoms with Gasteiger partial charge in [0.1, 0.15) is 6.61 Å². The number of thioether (sulfide) groups is 3. The van der Waals surface area contributed by atoms with Crippen LogP contribution < -0.4 is 16.2 Å². The zero-order chi connectivity index (χ0) is 24.7. The first kappa shape index (κ1) is 26.2.